The topological polar surface area (TPSA) is 64.6 Å². The molecule has 0 fully saturated rings. The van der Waals surface area contributed by atoms with Gasteiger partial charge in [0.1, 0.15) is 11.6 Å². The van der Waals surface area contributed by atoms with Crippen LogP contribution in [0.4, 0.5) is 26.5 Å². The Morgan fingerprint density at radius 3 is 2.11 bits per heavy atom. The first-order chi connectivity index (χ1) is 12.7. The van der Waals surface area contributed by atoms with Crippen LogP contribution in [0.5, 0.6) is 0 Å². The largest absolute Gasteiger partial charge is 0.515 e. The smallest absolute Gasteiger partial charge is 0.467 e. The summed E-state index contributed by atoms with van der Waals surface area (Å²) in [7, 11) is 1.12. The normalized spacial score (nSPS) is 13.0. The van der Waals surface area contributed by atoms with E-state index in [2.05, 4.69) is 10.1 Å². The monoisotopic (exact) mass is 410 g/mol. The van der Waals surface area contributed by atoms with Crippen LogP contribution < -0.4 is 10.8 Å². The van der Waals surface area contributed by atoms with Crippen LogP contribution in [-0.4, -0.2) is 37.8 Å². The minimum absolute atomic E-state index is 0.000293. The molecule has 1 rings (SSSR count). The second kappa shape index (κ2) is 9.25. The van der Waals surface area contributed by atoms with Gasteiger partial charge in [0, 0.05) is 0 Å². The Hall–Kier alpha value is -2.33. The van der Waals surface area contributed by atoms with Crippen molar-refractivity contribution in [1.82, 2.24) is 5.32 Å². The predicted octanol–water partition coefficient (Wildman–Crippen LogP) is 3.41. The van der Waals surface area contributed by atoms with E-state index in [1.807, 2.05) is 0 Å². The Morgan fingerprint density at radius 2 is 1.68 bits per heavy atom. The van der Waals surface area contributed by atoms with Gasteiger partial charge in [-0.05, 0) is 63.2 Å². The lowest BCUT2D eigenvalue weighted by Crippen LogP contribution is -2.44. The van der Waals surface area contributed by atoms with Crippen molar-refractivity contribution in [1.29, 1.82) is 0 Å². The van der Waals surface area contributed by atoms with E-state index in [1.54, 1.807) is 20.8 Å². The third kappa shape index (κ3) is 7.36. The molecular weight excluding hydrogens is 388 g/mol. The van der Waals surface area contributed by atoms with Gasteiger partial charge < -0.3 is 27.7 Å². The molecule has 0 unspecified atom stereocenters. The molecule has 28 heavy (non-hydrogen) atoms. The Morgan fingerprint density at radius 1 is 1.14 bits per heavy atom. The maximum Gasteiger partial charge on any atom is 0.515 e. The number of alkyl carbamates (subject to hydrolysis) is 1. The molecule has 1 N–H and O–H groups in total. The van der Waals surface area contributed by atoms with Crippen molar-refractivity contribution >= 4 is 24.5 Å². The highest BCUT2D eigenvalue weighted by molar-refractivity contribution is 6.73. The van der Waals surface area contributed by atoms with Crippen molar-refractivity contribution in [3.05, 3.63) is 29.3 Å². The zero-order valence-corrected chi connectivity index (χ0v) is 16.0. The number of hydrogen-bond acceptors (Lipinski definition) is 4. The highest BCUT2D eigenvalue weighted by atomic mass is 19.4. The molecular formula is C17H22BF5NO4-. The molecule has 0 radical (unpaired) electrons. The summed E-state index contributed by atoms with van der Waals surface area (Å²) in [5.74, 6) is -4.11. The molecule has 1 amide bonds. The van der Waals surface area contributed by atoms with Gasteiger partial charge >= 0.3 is 19.0 Å². The third-order valence-electron chi connectivity index (χ3n) is 3.60. The summed E-state index contributed by atoms with van der Waals surface area (Å²) >= 11 is 0. The lowest BCUT2D eigenvalue weighted by Gasteiger charge is -2.22. The number of nitrogens with one attached hydrogen (secondary N) is 1. The third-order valence-corrected chi connectivity index (χ3v) is 3.60. The molecule has 0 aromatic heterocycles. The van der Waals surface area contributed by atoms with Gasteiger partial charge in [-0.2, -0.15) is 0 Å². The molecule has 1 aromatic rings. The van der Waals surface area contributed by atoms with Gasteiger partial charge in [-0.15, -0.1) is 0 Å². The molecule has 0 saturated carbocycles. The molecule has 158 valence electrons. The van der Waals surface area contributed by atoms with Crippen LogP contribution in [0.15, 0.2) is 12.1 Å². The minimum Gasteiger partial charge on any atom is -0.467 e. The van der Waals surface area contributed by atoms with Crippen LogP contribution in [-0.2, 0) is 20.7 Å². The van der Waals surface area contributed by atoms with E-state index in [9.17, 15) is 31.3 Å². The van der Waals surface area contributed by atoms with Crippen molar-refractivity contribution in [2.24, 2.45) is 0 Å². The van der Waals surface area contributed by atoms with Gasteiger partial charge in [0.25, 0.3) is 0 Å². The minimum atomic E-state index is -5.81. The first-order valence-electron chi connectivity index (χ1n) is 8.49. The molecule has 0 aliphatic heterocycles. The molecule has 0 spiro atoms. The van der Waals surface area contributed by atoms with Crippen molar-refractivity contribution in [3.63, 3.8) is 0 Å². The quantitative estimate of drug-likeness (QED) is 0.425. The van der Waals surface area contributed by atoms with E-state index >= 15 is 0 Å². The number of esters is 1. The molecule has 5 nitrogen and oxygen atoms in total. The number of halogens is 5. The van der Waals surface area contributed by atoms with Gasteiger partial charge in [-0.3, -0.25) is 0 Å². The van der Waals surface area contributed by atoms with E-state index in [-0.39, 0.29) is 24.8 Å². The lowest BCUT2D eigenvalue weighted by atomic mass is 9.78. The Labute approximate surface area is 159 Å². The molecule has 0 heterocycles. The number of amides is 1. The molecule has 0 aliphatic rings. The zero-order valence-electron chi connectivity index (χ0n) is 16.0. The number of ether oxygens (including phenoxy) is 2. The average Bonchev–Trinajstić information content (AvgIpc) is 2.49. The highest BCUT2D eigenvalue weighted by Gasteiger charge is 2.32. The summed E-state index contributed by atoms with van der Waals surface area (Å²) in [4.78, 5) is 23.6. The van der Waals surface area contributed by atoms with Crippen LogP contribution >= 0.6 is 0 Å². The number of rotatable bonds is 7. The maximum atomic E-state index is 13.6. The van der Waals surface area contributed by atoms with Crippen molar-refractivity contribution in [3.8, 4) is 0 Å². The number of carbonyl (C=O) groups excluding carboxylic acids is 2. The standard InChI is InChI=1S/C17H22BF5NO4/c1-17(2,3)28-16(26)24-13(15(25)27-4)7-5-6-10-8-11(19)14(12(20)9-10)18(21,22)23/h8-9,13H,5-7H2,1-4H3,(H,24,26)/q-1/t13-/m0/s1. The second-order valence-electron chi connectivity index (χ2n) is 7.16. The fourth-order valence-corrected chi connectivity index (χ4v) is 2.45. The fourth-order valence-electron chi connectivity index (χ4n) is 2.45. The van der Waals surface area contributed by atoms with Gasteiger partial charge in [0.05, 0.1) is 18.7 Å². The summed E-state index contributed by atoms with van der Waals surface area (Å²) < 4.78 is 74.8. The Bertz CT molecular complexity index is 695. The van der Waals surface area contributed by atoms with Crippen molar-refractivity contribution in [2.45, 2.75) is 51.7 Å². The average molecular weight is 410 g/mol. The molecule has 0 saturated heterocycles. The predicted molar refractivity (Wildman–Crippen MR) is 93.2 cm³/mol. The number of carbonyl (C=O) groups is 2. The number of aryl methyl sites for hydroxylation is 1. The van der Waals surface area contributed by atoms with Crippen molar-refractivity contribution in [2.75, 3.05) is 7.11 Å². The van der Waals surface area contributed by atoms with Crippen molar-refractivity contribution < 1.29 is 40.8 Å². The first-order valence-corrected chi connectivity index (χ1v) is 8.49. The second-order valence-corrected chi connectivity index (χ2v) is 7.16. The van der Waals surface area contributed by atoms with Gasteiger partial charge in [-0.1, -0.05) is 0 Å². The molecule has 11 heteroatoms. The van der Waals surface area contributed by atoms with E-state index in [0.29, 0.717) is 12.1 Å². The molecule has 1 aromatic carbocycles. The van der Waals surface area contributed by atoms with Gasteiger partial charge in [0.2, 0.25) is 0 Å². The van der Waals surface area contributed by atoms with Crippen LogP contribution in [0.3, 0.4) is 0 Å². The van der Waals surface area contributed by atoms with Crippen LogP contribution in [0.2, 0.25) is 0 Å². The zero-order chi connectivity index (χ0) is 21.7. The van der Waals surface area contributed by atoms with Gasteiger partial charge in [0.15, 0.2) is 0 Å². The highest BCUT2D eigenvalue weighted by Crippen LogP contribution is 2.18. The van der Waals surface area contributed by atoms with Crippen LogP contribution in [0.1, 0.15) is 39.2 Å². The van der Waals surface area contributed by atoms with Crippen LogP contribution in [0.25, 0.3) is 0 Å². The SMILES string of the molecule is COC(=O)[C@H](CCCc1cc(F)c([B-](F)(F)F)c(F)c1)NC(=O)OC(C)(C)C. The Balaban J connectivity index is 2.77. The molecule has 0 aliphatic carbocycles. The van der Waals surface area contributed by atoms with E-state index < -0.39 is 47.8 Å². The lowest BCUT2D eigenvalue weighted by molar-refractivity contribution is -0.143. The number of hydrogen-bond donors (Lipinski definition) is 1. The number of methoxy groups -OCH3 is 1. The van der Waals surface area contributed by atoms with E-state index in [0.717, 1.165) is 7.11 Å². The molecule has 0 bridgehead atoms. The van der Waals surface area contributed by atoms with E-state index in [1.165, 1.54) is 0 Å². The van der Waals surface area contributed by atoms with E-state index in [4.69, 9.17) is 4.74 Å². The maximum absolute atomic E-state index is 13.6. The summed E-state index contributed by atoms with van der Waals surface area (Å²) in [6.07, 6.45) is -0.690. The Kier molecular flexibility index (Phi) is 7.83. The first kappa shape index (κ1) is 23.7. The van der Waals surface area contributed by atoms with Crippen LogP contribution in [0, 0.1) is 11.6 Å². The summed E-state index contributed by atoms with van der Waals surface area (Å²) in [6.45, 7) is -0.907. The summed E-state index contributed by atoms with van der Waals surface area (Å²) in [6, 6.07) is 0.150. The summed E-state index contributed by atoms with van der Waals surface area (Å²) in [5.41, 5.74) is -2.68. The van der Waals surface area contributed by atoms with Gasteiger partial charge in [-0.25, -0.2) is 18.4 Å². The fraction of sp³-hybridized carbons (Fsp3) is 0.529. The molecule has 1 atom stereocenters. The number of benzene rings is 1. The summed E-state index contributed by atoms with van der Waals surface area (Å²) in [5, 5.41) is 2.33.